The molecule has 1 saturated heterocycles. The van der Waals surface area contributed by atoms with Gasteiger partial charge in [-0.1, -0.05) is 0 Å². The number of nitrogens with one attached hydrogen (secondary N) is 1. The van der Waals surface area contributed by atoms with Crippen LogP contribution in [0, 0.1) is 0 Å². The number of alkyl halides is 3. The van der Waals surface area contributed by atoms with E-state index in [0.717, 1.165) is 13.0 Å². The molecule has 1 N–H and O–H groups in total. The summed E-state index contributed by atoms with van der Waals surface area (Å²) in [5.41, 5.74) is 0. The van der Waals surface area contributed by atoms with E-state index in [-0.39, 0.29) is 6.04 Å². The average molecular weight is 196 g/mol. The van der Waals surface area contributed by atoms with Gasteiger partial charge in [0.25, 0.3) is 0 Å². The van der Waals surface area contributed by atoms with E-state index in [4.69, 9.17) is 0 Å². The van der Waals surface area contributed by atoms with Crippen LogP contribution in [0.4, 0.5) is 13.2 Å². The van der Waals surface area contributed by atoms with Gasteiger partial charge in [0.2, 0.25) is 0 Å². The van der Waals surface area contributed by atoms with E-state index in [0.29, 0.717) is 13.1 Å². The zero-order valence-electron chi connectivity index (χ0n) is 7.69. The van der Waals surface area contributed by atoms with E-state index in [1.165, 1.54) is 4.90 Å². The molecule has 1 unspecified atom stereocenters. The van der Waals surface area contributed by atoms with Crippen molar-refractivity contribution in [2.45, 2.75) is 25.6 Å². The Labute approximate surface area is 76.1 Å². The van der Waals surface area contributed by atoms with Crippen LogP contribution >= 0.6 is 0 Å². The maximum atomic E-state index is 12.1. The predicted octanol–water partition coefficient (Wildman–Crippen LogP) is 1.23. The fourth-order valence-corrected chi connectivity index (χ4v) is 1.53. The smallest absolute Gasteiger partial charge is 0.315 e. The largest absolute Gasteiger partial charge is 0.401 e. The van der Waals surface area contributed by atoms with Gasteiger partial charge in [0.15, 0.2) is 0 Å². The summed E-state index contributed by atoms with van der Waals surface area (Å²) in [4.78, 5) is 1.49. The van der Waals surface area contributed by atoms with Crippen molar-refractivity contribution in [3.05, 3.63) is 0 Å². The quantitative estimate of drug-likeness (QED) is 0.678. The normalized spacial score (nSPS) is 27.2. The minimum absolute atomic E-state index is 0.0240. The highest BCUT2D eigenvalue weighted by Crippen LogP contribution is 2.18. The van der Waals surface area contributed by atoms with Crippen molar-refractivity contribution >= 4 is 0 Å². The van der Waals surface area contributed by atoms with Crippen molar-refractivity contribution in [1.82, 2.24) is 10.2 Å². The van der Waals surface area contributed by atoms with Crippen LogP contribution in [0.15, 0.2) is 0 Å². The molecule has 1 aliphatic heterocycles. The molecular formula is C8H15F3N2. The third-order valence-electron chi connectivity index (χ3n) is 2.24. The molecule has 1 rings (SSSR count). The molecule has 13 heavy (non-hydrogen) atoms. The van der Waals surface area contributed by atoms with E-state index < -0.39 is 12.7 Å². The predicted molar refractivity (Wildman–Crippen MR) is 44.6 cm³/mol. The Kier molecular flexibility index (Phi) is 3.55. The molecule has 0 aromatic heterocycles. The Bertz CT molecular complexity index is 158. The van der Waals surface area contributed by atoms with Crippen molar-refractivity contribution in [1.29, 1.82) is 0 Å². The van der Waals surface area contributed by atoms with E-state index >= 15 is 0 Å². The van der Waals surface area contributed by atoms with Crippen LogP contribution in [-0.2, 0) is 0 Å². The summed E-state index contributed by atoms with van der Waals surface area (Å²) >= 11 is 0. The molecule has 0 saturated carbocycles. The molecule has 0 aliphatic carbocycles. The molecule has 0 spiro atoms. The SMILES string of the molecule is CC1CNCCCN1CC(F)(F)F. The summed E-state index contributed by atoms with van der Waals surface area (Å²) in [6, 6.07) is -0.0240. The van der Waals surface area contributed by atoms with E-state index in [1.54, 1.807) is 0 Å². The Balaban J connectivity index is 2.45. The van der Waals surface area contributed by atoms with Crippen LogP contribution < -0.4 is 5.32 Å². The first-order valence-electron chi connectivity index (χ1n) is 4.50. The molecule has 2 nitrogen and oxygen atoms in total. The molecule has 1 fully saturated rings. The fraction of sp³-hybridized carbons (Fsp3) is 1.00. The lowest BCUT2D eigenvalue weighted by molar-refractivity contribution is -0.149. The summed E-state index contributed by atoms with van der Waals surface area (Å²) < 4.78 is 36.3. The van der Waals surface area contributed by atoms with Crippen molar-refractivity contribution < 1.29 is 13.2 Å². The summed E-state index contributed by atoms with van der Waals surface area (Å²) in [5, 5.41) is 3.10. The van der Waals surface area contributed by atoms with Crippen molar-refractivity contribution in [2.24, 2.45) is 0 Å². The Morgan fingerprint density at radius 2 is 2.15 bits per heavy atom. The first kappa shape index (κ1) is 10.8. The van der Waals surface area contributed by atoms with E-state index in [1.807, 2.05) is 6.92 Å². The highest BCUT2D eigenvalue weighted by molar-refractivity contribution is 4.75. The van der Waals surface area contributed by atoms with Gasteiger partial charge in [0, 0.05) is 19.1 Å². The van der Waals surface area contributed by atoms with Crippen molar-refractivity contribution in [2.75, 3.05) is 26.2 Å². The van der Waals surface area contributed by atoms with Gasteiger partial charge in [-0.05, 0) is 19.9 Å². The zero-order valence-corrected chi connectivity index (χ0v) is 7.69. The monoisotopic (exact) mass is 196 g/mol. The van der Waals surface area contributed by atoms with Gasteiger partial charge >= 0.3 is 6.18 Å². The Morgan fingerprint density at radius 1 is 1.46 bits per heavy atom. The molecule has 1 aliphatic rings. The highest BCUT2D eigenvalue weighted by atomic mass is 19.4. The number of halogens is 3. The average Bonchev–Trinajstić information content (AvgIpc) is 2.14. The first-order valence-corrected chi connectivity index (χ1v) is 4.50. The van der Waals surface area contributed by atoms with Gasteiger partial charge < -0.3 is 5.32 Å². The highest BCUT2D eigenvalue weighted by Gasteiger charge is 2.32. The van der Waals surface area contributed by atoms with E-state index in [9.17, 15) is 13.2 Å². The van der Waals surface area contributed by atoms with Crippen LogP contribution in [0.3, 0.4) is 0 Å². The second kappa shape index (κ2) is 4.28. The number of rotatable bonds is 1. The lowest BCUT2D eigenvalue weighted by Crippen LogP contribution is -2.42. The molecule has 5 heteroatoms. The van der Waals surface area contributed by atoms with Gasteiger partial charge in [0.1, 0.15) is 0 Å². The summed E-state index contributed by atoms with van der Waals surface area (Å²) in [6.45, 7) is 3.04. The molecule has 0 bridgehead atoms. The van der Waals surface area contributed by atoms with Crippen LogP contribution in [0.5, 0.6) is 0 Å². The number of hydrogen-bond acceptors (Lipinski definition) is 2. The molecule has 78 valence electrons. The number of nitrogens with zero attached hydrogens (tertiary/aromatic N) is 1. The van der Waals surface area contributed by atoms with Gasteiger partial charge in [-0.25, -0.2) is 0 Å². The molecule has 0 radical (unpaired) electrons. The summed E-state index contributed by atoms with van der Waals surface area (Å²) in [6.07, 6.45) is -3.28. The van der Waals surface area contributed by atoms with Gasteiger partial charge in [-0.2, -0.15) is 13.2 Å². The fourth-order valence-electron chi connectivity index (χ4n) is 1.53. The second-order valence-electron chi connectivity index (χ2n) is 3.49. The van der Waals surface area contributed by atoms with Crippen LogP contribution in [-0.4, -0.2) is 43.3 Å². The van der Waals surface area contributed by atoms with Gasteiger partial charge in [-0.3, -0.25) is 4.90 Å². The molecule has 0 aromatic carbocycles. The first-order chi connectivity index (χ1) is 5.99. The zero-order chi connectivity index (χ0) is 9.90. The topological polar surface area (TPSA) is 15.3 Å². The molecule has 1 atom stereocenters. The summed E-state index contributed by atoms with van der Waals surface area (Å²) in [7, 11) is 0. The van der Waals surface area contributed by atoms with Crippen LogP contribution in [0.1, 0.15) is 13.3 Å². The van der Waals surface area contributed by atoms with Gasteiger partial charge in [0.05, 0.1) is 6.54 Å². The van der Waals surface area contributed by atoms with Gasteiger partial charge in [-0.15, -0.1) is 0 Å². The second-order valence-corrected chi connectivity index (χ2v) is 3.49. The Hall–Kier alpha value is -0.290. The van der Waals surface area contributed by atoms with Crippen LogP contribution in [0.25, 0.3) is 0 Å². The van der Waals surface area contributed by atoms with Crippen LogP contribution in [0.2, 0.25) is 0 Å². The molecule has 1 heterocycles. The minimum atomic E-state index is -4.07. The lowest BCUT2D eigenvalue weighted by atomic mass is 10.3. The standard InChI is InChI=1S/C8H15F3N2/c1-7-5-12-3-2-4-13(7)6-8(9,10)11/h7,12H,2-6H2,1H3. The minimum Gasteiger partial charge on any atom is -0.315 e. The van der Waals surface area contributed by atoms with E-state index in [2.05, 4.69) is 5.32 Å². The molecular weight excluding hydrogens is 181 g/mol. The lowest BCUT2D eigenvalue weighted by Gasteiger charge is -2.27. The van der Waals surface area contributed by atoms with Crippen molar-refractivity contribution in [3.63, 3.8) is 0 Å². The Morgan fingerprint density at radius 3 is 2.77 bits per heavy atom. The third kappa shape index (κ3) is 3.95. The maximum absolute atomic E-state index is 12.1. The third-order valence-corrected chi connectivity index (χ3v) is 2.24. The van der Waals surface area contributed by atoms with Crippen molar-refractivity contribution in [3.8, 4) is 0 Å². The molecule has 0 aromatic rings. The summed E-state index contributed by atoms with van der Waals surface area (Å²) in [5.74, 6) is 0. The maximum Gasteiger partial charge on any atom is 0.401 e. The number of hydrogen-bond donors (Lipinski definition) is 1. The molecule has 0 amide bonds.